The number of non-ortho nitro benzene ring substituents is 1. The Bertz CT molecular complexity index is 898. The molecule has 0 saturated heterocycles. The zero-order valence-electron chi connectivity index (χ0n) is 16.9. The molecule has 5 heteroatoms. The first-order valence-corrected chi connectivity index (χ1v) is 10.2. The van der Waals surface area contributed by atoms with E-state index in [4.69, 9.17) is 0 Å². The van der Waals surface area contributed by atoms with E-state index in [-0.39, 0.29) is 11.5 Å². The minimum Gasteiger partial charge on any atom is -0.302 e. The molecule has 0 saturated carbocycles. The number of hydrogen-bond donors (Lipinski definition) is 0. The fourth-order valence-corrected chi connectivity index (χ4v) is 3.37. The lowest BCUT2D eigenvalue weighted by atomic mass is 10.1. The van der Waals surface area contributed by atoms with E-state index in [1.165, 1.54) is 23.3 Å². The molecule has 30 heavy (non-hydrogen) atoms. The van der Waals surface area contributed by atoms with Crippen molar-refractivity contribution in [2.45, 2.75) is 19.3 Å². The summed E-state index contributed by atoms with van der Waals surface area (Å²) < 4.78 is 0. The Morgan fingerprint density at radius 2 is 1.23 bits per heavy atom. The van der Waals surface area contributed by atoms with Crippen molar-refractivity contribution in [3.63, 3.8) is 0 Å². The average molecular weight is 402 g/mol. The zero-order valence-corrected chi connectivity index (χ0v) is 16.9. The Kier molecular flexibility index (Phi) is 7.86. The molecule has 0 aliphatic rings. The van der Waals surface area contributed by atoms with Gasteiger partial charge in [0.1, 0.15) is 0 Å². The van der Waals surface area contributed by atoms with E-state index in [9.17, 15) is 14.9 Å². The highest BCUT2D eigenvalue weighted by molar-refractivity contribution is 5.96. The summed E-state index contributed by atoms with van der Waals surface area (Å²) in [4.78, 5) is 25.2. The van der Waals surface area contributed by atoms with Crippen molar-refractivity contribution in [2.24, 2.45) is 0 Å². The molecule has 0 bridgehead atoms. The highest BCUT2D eigenvalue weighted by atomic mass is 16.6. The molecule has 0 unspecified atom stereocenters. The van der Waals surface area contributed by atoms with E-state index in [0.29, 0.717) is 18.5 Å². The largest absolute Gasteiger partial charge is 0.302 e. The fourth-order valence-electron chi connectivity index (χ4n) is 3.37. The molecular formula is C25H26N2O3. The molecule has 0 N–H and O–H groups in total. The summed E-state index contributed by atoms with van der Waals surface area (Å²) in [6.45, 7) is 2.42. The smallest absolute Gasteiger partial charge is 0.269 e. The van der Waals surface area contributed by atoms with Crippen LogP contribution in [0.5, 0.6) is 0 Å². The summed E-state index contributed by atoms with van der Waals surface area (Å²) in [7, 11) is 0. The molecule has 0 aromatic heterocycles. The molecule has 0 spiro atoms. The van der Waals surface area contributed by atoms with Crippen molar-refractivity contribution >= 4 is 11.5 Å². The minimum absolute atomic E-state index is 0.00102. The maximum atomic E-state index is 12.6. The predicted molar refractivity (Wildman–Crippen MR) is 119 cm³/mol. The molecule has 0 amide bonds. The Labute approximate surface area is 177 Å². The van der Waals surface area contributed by atoms with E-state index in [1.54, 1.807) is 12.1 Å². The van der Waals surface area contributed by atoms with Crippen LogP contribution >= 0.6 is 0 Å². The Morgan fingerprint density at radius 3 is 1.70 bits per heavy atom. The molecule has 0 aliphatic carbocycles. The van der Waals surface area contributed by atoms with Crippen LogP contribution in [0.15, 0.2) is 84.9 Å². The quantitative estimate of drug-likeness (QED) is 0.258. The first-order valence-electron chi connectivity index (χ1n) is 10.2. The SMILES string of the molecule is O=C(CCN(CCc1ccccc1)CCc1ccccc1)c1ccc([N+](=O)[O-])cc1. The number of hydrogen-bond acceptors (Lipinski definition) is 4. The van der Waals surface area contributed by atoms with Crippen LogP contribution in [0.1, 0.15) is 27.9 Å². The number of ketones is 1. The van der Waals surface area contributed by atoms with Crippen LogP contribution in [-0.2, 0) is 12.8 Å². The average Bonchev–Trinajstić information content (AvgIpc) is 2.79. The number of Topliss-reactive ketones (excluding diaryl/α,β-unsaturated/α-hetero) is 1. The summed E-state index contributed by atoms with van der Waals surface area (Å²) in [6, 6.07) is 26.5. The number of carbonyl (C=O) groups is 1. The van der Waals surface area contributed by atoms with Gasteiger partial charge in [0, 0.05) is 43.8 Å². The molecule has 0 radical (unpaired) electrons. The van der Waals surface area contributed by atoms with Crippen molar-refractivity contribution < 1.29 is 9.72 Å². The van der Waals surface area contributed by atoms with E-state index < -0.39 is 4.92 Å². The number of nitrogens with zero attached hydrogens (tertiary/aromatic N) is 2. The zero-order chi connectivity index (χ0) is 21.2. The van der Waals surface area contributed by atoms with Crippen LogP contribution in [0.4, 0.5) is 5.69 Å². The third-order valence-corrected chi connectivity index (χ3v) is 5.17. The monoisotopic (exact) mass is 402 g/mol. The molecule has 154 valence electrons. The number of nitro benzene ring substituents is 1. The van der Waals surface area contributed by atoms with Crippen LogP contribution in [0.3, 0.4) is 0 Å². The van der Waals surface area contributed by atoms with Crippen LogP contribution in [0.25, 0.3) is 0 Å². The Morgan fingerprint density at radius 1 is 0.733 bits per heavy atom. The van der Waals surface area contributed by atoms with Gasteiger partial charge in [-0.2, -0.15) is 0 Å². The second-order valence-electron chi connectivity index (χ2n) is 7.29. The third-order valence-electron chi connectivity index (χ3n) is 5.17. The van der Waals surface area contributed by atoms with Gasteiger partial charge >= 0.3 is 0 Å². The van der Waals surface area contributed by atoms with Gasteiger partial charge in [-0.05, 0) is 36.1 Å². The maximum absolute atomic E-state index is 12.6. The lowest BCUT2D eigenvalue weighted by Gasteiger charge is -2.22. The highest BCUT2D eigenvalue weighted by Crippen LogP contribution is 2.14. The van der Waals surface area contributed by atoms with Gasteiger partial charge < -0.3 is 4.90 Å². The van der Waals surface area contributed by atoms with Gasteiger partial charge in [0.25, 0.3) is 5.69 Å². The lowest BCUT2D eigenvalue weighted by Crippen LogP contribution is -2.30. The molecule has 3 aromatic rings. The minimum atomic E-state index is -0.455. The second kappa shape index (κ2) is 11.0. The second-order valence-corrected chi connectivity index (χ2v) is 7.29. The number of carbonyl (C=O) groups excluding carboxylic acids is 1. The molecule has 3 rings (SSSR count). The van der Waals surface area contributed by atoms with E-state index >= 15 is 0 Å². The standard InChI is InChI=1S/C25H26N2O3/c28-25(23-11-13-24(14-12-23)27(29)30)17-20-26(18-15-21-7-3-1-4-8-21)19-16-22-9-5-2-6-10-22/h1-14H,15-20H2. The first kappa shape index (κ1) is 21.4. The number of nitro groups is 1. The first-order chi connectivity index (χ1) is 14.6. The van der Waals surface area contributed by atoms with Crippen molar-refractivity contribution in [1.82, 2.24) is 4.90 Å². The van der Waals surface area contributed by atoms with Crippen molar-refractivity contribution in [3.05, 3.63) is 112 Å². The van der Waals surface area contributed by atoms with Crippen LogP contribution in [0, 0.1) is 10.1 Å². The summed E-state index contributed by atoms with van der Waals surface area (Å²) >= 11 is 0. The van der Waals surface area contributed by atoms with Crippen LogP contribution in [0.2, 0.25) is 0 Å². The van der Waals surface area contributed by atoms with Gasteiger partial charge in [0.05, 0.1) is 4.92 Å². The number of rotatable bonds is 11. The molecule has 5 nitrogen and oxygen atoms in total. The van der Waals surface area contributed by atoms with E-state index in [1.807, 2.05) is 36.4 Å². The van der Waals surface area contributed by atoms with Gasteiger partial charge in [-0.3, -0.25) is 14.9 Å². The summed E-state index contributed by atoms with van der Waals surface area (Å²) in [5, 5.41) is 10.8. The summed E-state index contributed by atoms with van der Waals surface area (Å²) in [5.41, 5.74) is 3.08. The van der Waals surface area contributed by atoms with Gasteiger partial charge in [-0.15, -0.1) is 0 Å². The summed E-state index contributed by atoms with van der Waals surface area (Å²) in [5.74, 6) is 0.00863. The van der Waals surface area contributed by atoms with Crippen molar-refractivity contribution in [2.75, 3.05) is 19.6 Å². The van der Waals surface area contributed by atoms with E-state index in [2.05, 4.69) is 29.2 Å². The topological polar surface area (TPSA) is 63.5 Å². The highest BCUT2D eigenvalue weighted by Gasteiger charge is 2.12. The number of benzene rings is 3. The molecule has 0 heterocycles. The van der Waals surface area contributed by atoms with Gasteiger partial charge in [0.2, 0.25) is 0 Å². The van der Waals surface area contributed by atoms with Crippen molar-refractivity contribution in [1.29, 1.82) is 0 Å². The molecule has 0 fully saturated rings. The molecule has 0 atom stereocenters. The molecular weight excluding hydrogens is 376 g/mol. The Balaban J connectivity index is 1.58. The summed E-state index contributed by atoms with van der Waals surface area (Å²) in [6.07, 6.45) is 2.25. The van der Waals surface area contributed by atoms with Crippen LogP contribution < -0.4 is 0 Å². The van der Waals surface area contributed by atoms with Gasteiger partial charge in [-0.1, -0.05) is 60.7 Å². The van der Waals surface area contributed by atoms with Gasteiger partial charge in [0.15, 0.2) is 5.78 Å². The maximum Gasteiger partial charge on any atom is 0.269 e. The third kappa shape index (κ3) is 6.64. The van der Waals surface area contributed by atoms with Crippen molar-refractivity contribution in [3.8, 4) is 0 Å². The lowest BCUT2D eigenvalue weighted by molar-refractivity contribution is -0.384. The molecule has 3 aromatic carbocycles. The molecule has 0 aliphatic heterocycles. The van der Waals surface area contributed by atoms with Crippen LogP contribution in [-0.4, -0.2) is 35.2 Å². The van der Waals surface area contributed by atoms with Gasteiger partial charge in [-0.25, -0.2) is 0 Å². The normalized spacial score (nSPS) is 10.8. The van der Waals surface area contributed by atoms with E-state index in [0.717, 1.165) is 25.9 Å². The predicted octanol–water partition coefficient (Wildman–Crippen LogP) is 4.96. The Hall–Kier alpha value is -3.31. The fraction of sp³-hybridized carbons (Fsp3) is 0.240.